The van der Waals surface area contributed by atoms with Crippen molar-refractivity contribution in [1.82, 2.24) is 14.9 Å². The van der Waals surface area contributed by atoms with Crippen LogP contribution in [0.3, 0.4) is 0 Å². The molecule has 0 aliphatic carbocycles. The molecule has 1 aliphatic heterocycles. The van der Waals surface area contributed by atoms with Gasteiger partial charge in [-0.05, 0) is 30.7 Å². The van der Waals surface area contributed by atoms with Crippen LogP contribution in [0.4, 0.5) is 0 Å². The third-order valence-corrected chi connectivity index (χ3v) is 3.58. The van der Waals surface area contributed by atoms with Crippen LogP contribution in [-0.4, -0.2) is 23.2 Å². The first kappa shape index (κ1) is 12.9. The number of hydrogen-bond acceptors (Lipinski definition) is 4. The number of fused-ring (bicyclic) bond motifs is 1. The zero-order valence-electron chi connectivity index (χ0n) is 11.4. The van der Waals surface area contributed by atoms with Crippen LogP contribution >= 0.6 is 0 Å². The van der Waals surface area contributed by atoms with Gasteiger partial charge >= 0.3 is 0 Å². The summed E-state index contributed by atoms with van der Waals surface area (Å²) >= 11 is 0. The Balaban J connectivity index is 1.88. The molecule has 20 heavy (non-hydrogen) atoms. The van der Waals surface area contributed by atoms with Gasteiger partial charge in [-0.15, -0.1) is 0 Å². The summed E-state index contributed by atoms with van der Waals surface area (Å²) in [7, 11) is 1.64. The monoisotopic (exact) mass is 271 g/mol. The molecular formula is C15H17N3O2. The van der Waals surface area contributed by atoms with Gasteiger partial charge in [0.05, 0.1) is 25.7 Å². The molecule has 1 aromatic heterocycles. The predicted octanol–water partition coefficient (Wildman–Crippen LogP) is 0.946. The molecule has 5 heteroatoms. The Morgan fingerprint density at radius 2 is 2.15 bits per heavy atom. The van der Waals surface area contributed by atoms with Gasteiger partial charge in [0.1, 0.15) is 5.75 Å². The van der Waals surface area contributed by atoms with Gasteiger partial charge in [0, 0.05) is 12.1 Å². The average molecular weight is 271 g/mol. The van der Waals surface area contributed by atoms with Crippen molar-refractivity contribution in [2.45, 2.75) is 19.5 Å². The Kier molecular flexibility index (Phi) is 3.52. The Hall–Kier alpha value is -2.14. The number of aromatic nitrogens is 2. The fourth-order valence-corrected chi connectivity index (χ4v) is 2.43. The summed E-state index contributed by atoms with van der Waals surface area (Å²) in [5, 5.41) is 3.23. The molecule has 0 bridgehead atoms. The minimum Gasteiger partial charge on any atom is -0.497 e. The van der Waals surface area contributed by atoms with Crippen LogP contribution in [0.15, 0.2) is 35.4 Å². The lowest BCUT2D eigenvalue weighted by atomic mass is 10.1. The van der Waals surface area contributed by atoms with Crippen molar-refractivity contribution >= 4 is 0 Å². The van der Waals surface area contributed by atoms with Crippen LogP contribution < -0.4 is 15.6 Å². The number of hydrogen-bond donors (Lipinski definition) is 1. The van der Waals surface area contributed by atoms with Crippen molar-refractivity contribution in [3.63, 3.8) is 0 Å². The maximum atomic E-state index is 12.4. The smallest absolute Gasteiger partial charge is 0.257 e. The van der Waals surface area contributed by atoms with E-state index in [0.717, 1.165) is 35.5 Å². The van der Waals surface area contributed by atoms with Crippen molar-refractivity contribution in [2.75, 3.05) is 13.7 Å². The normalized spacial score (nSPS) is 13.8. The van der Waals surface area contributed by atoms with E-state index in [4.69, 9.17) is 4.74 Å². The lowest BCUT2D eigenvalue weighted by Crippen LogP contribution is -2.34. The number of benzene rings is 1. The van der Waals surface area contributed by atoms with Crippen molar-refractivity contribution in [3.05, 3.63) is 57.8 Å². The number of rotatable bonds is 3. The molecule has 0 fully saturated rings. The second kappa shape index (κ2) is 5.46. The van der Waals surface area contributed by atoms with Crippen molar-refractivity contribution in [3.8, 4) is 5.75 Å². The molecule has 1 aromatic carbocycles. The molecular weight excluding hydrogens is 254 g/mol. The van der Waals surface area contributed by atoms with E-state index in [1.54, 1.807) is 18.0 Å². The SMILES string of the molecule is COc1ccc(Cn2cnc3c(c2=O)CCNC3)cc1. The van der Waals surface area contributed by atoms with Gasteiger partial charge in [-0.1, -0.05) is 12.1 Å². The molecule has 0 saturated heterocycles. The number of nitrogens with one attached hydrogen (secondary N) is 1. The second-order valence-corrected chi connectivity index (χ2v) is 4.88. The summed E-state index contributed by atoms with van der Waals surface area (Å²) in [4.78, 5) is 16.8. The van der Waals surface area contributed by atoms with Gasteiger partial charge in [-0.3, -0.25) is 9.36 Å². The lowest BCUT2D eigenvalue weighted by molar-refractivity contribution is 0.414. The first-order valence-electron chi connectivity index (χ1n) is 6.69. The minimum atomic E-state index is 0.0762. The van der Waals surface area contributed by atoms with Crippen molar-refractivity contribution < 1.29 is 4.74 Å². The highest BCUT2D eigenvalue weighted by molar-refractivity contribution is 5.27. The van der Waals surface area contributed by atoms with Crippen LogP contribution in [0.5, 0.6) is 5.75 Å². The first-order valence-corrected chi connectivity index (χ1v) is 6.69. The van der Waals surface area contributed by atoms with E-state index in [9.17, 15) is 4.79 Å². The zero-order valence-corrected chi connectivity index (χ0v) is 11.4. The third kappa shape index (κ3) is 2.44. The molecule has 0 saturated carbocycles. The van der Waals surface area contributed by atoms with Gasteiger partial charge in [0.2, 0.25) is 0 Å². The largest absolute Gasteiger partial charge is 0.497 e. The fraction of sp³-hybridized carbons (Fsp3) is 0.333. The standard InChI is InChI=1S/C15H17N3O2/c1-20-12-4-2-11(3-5-12)9-18-10-17-14-8-16-7-6-13(14)15(18)19/h2-5,10,16H,6-9H2,1H3. The molecule has 5 nitrogen and oxygen atoms in total. The van der Waals surface area contributed by atoms with Crippen molar-refractivity contribution in [2.24, 2.45) is 0 Å². The highest BCUT2D eigenvalue weighted by Gasteiger charge is 2.15. The molecule has 3 rings (SSSR count). The maximum Gasteiger partial charge on any atom is 0.257 e. The van der Waals surface area contributed by atoms with Crippen LogP contribution in [0.2, 0.25) is 0 Å². The number of methoxy groups -OCH3 is 1. The Morgan fingerprint density at radius 1 is 1.35 bits per heavy atom. The third-order valence-electron chi connectivity index (χ3n) is 3.58. The van der Waals surface area contributed by atoms with Gasteiger partial charge in [0.15, 0.2) is 0 Å². The van der Waals surface area contributed by atoms with E-state index in [0.29, 0.717) is 13.1 Å². The number of nitrogens with zero attached hydrogens (tertiary/aromatic N) is 2. The molecule has 2 heterocycles. The van der Waals surface area contributed by atoms with Crippen LogP contribution in [0.25, 0.3) is 0 Å². The molecule has 0 unspecified atom stereocenters. The Labute approximate surface area is 117 Å². The predicted molar refractivity (Wildman–Crippen MR) is 76.0 cm³/mol. The molecule has 1 N–H and O–H groups in total. The van der Waals surface area contributed by atoms with E-state index in [1.165, 1.54) is 0 Å². The highest BCUT2D eigenvalue weighted by atomic mass is 16.5. The van der Waals surface area contributed by atoms with Gasteiger partial charge in [0.25, 0.3) is 5.56 Å². The topological polar surface area (TPSA) is 56.2 Å². The van der Waals surface area contributed by atoms with Gasteiger partial charge in [-0.25, -0.2) is 4.98 Å². The fourth-order valence-electron chi connectivity index (χ4n) is 2.43. The van der Waals surface area contributed by atoms with E-state index < -0.39 is 0 Å². The maximum absolute atomic E-state index is 12.4. The van der Waals surface area contributed by atoms with E-state index in [1.807, 2.05) is 24.3 Å². The van der Waals surface area contributed by atoms with Gasteiger partial charge < -0.3 is 10.1 Å². The average Bonchev–Trinajstić information content (AvgIpc) is 2.51. The first-order chi connectivity index (χ1) is 9.78. The molecule has 104 valence electrons. The second-order valence-electron chi connectivity index (χ2n) is 4.88. The van der Waals surface area contributed by atoms with Crippen LogP contribution in [0.1, 0.15) is 16.8 Å². The summed E-state index contributed by atoms with van der Waals surface area (Å²) in [6, 6.07) is 7.73. The van der Waals surface area contributed by atoms with E-state index >= 15 is 0 Å². The molecule has 0 amide bonds. The summed E-state index contributed by atoms with van der Waals surface area (Å²) < 4.78 is 6.80. The Bertz CT molecular complexity index is 662. The molecule has 0 atom stereocenters. The number of ether oxygens (including phenoxy) is 1. The molecule has 1 aliphatic rings. The quantitative estimate of drug-likeness (QED) is 0.903. The van der Waals surface area contributed by atoms with Crippen molar-refractivity contribution in [1.29, 1.82) is 0 Å². The summed E-state index contributed by atoms with van der Waals surface area (Å²) in [6.45, 7) is 2.07. The summed E-state index contributed by atoms with van der Waals surface area (Å²) in [6.07, 6.45) is 2.39. The zero-order chi connectivity index (χ0) is 13.9. The van der Waals surface area contributed by atoms with E-state index in [2.05, 4.69) is 10.3 Å². The Morgan fingerprint density at radius 3 is 2.90 bits per heavy atom. The minimum absolute atomic E-state index is 0.0762. The lowest BCUT2D eigenvalue weighted by Gasteiger charge is -2.16. The van der Waals surface area contributed by atoms with Gasteiger partial charge in [-0.2, -0.15) is 0 Å². The molecule has 0 radical (unpaired) electrons. The van der Waals surface area contributed by atoms with Crippen LogP contribution in [-0.2, 0) is 19.5 Å². The van der Waals surface area contributed by atoms with E-state index in [-0.39, 0.29) is 5.56 Å². The highest BCUT2D eigenvalue weighted by Crippen LogP contribution is 2.12. The molecule has 2 aromatic rings. The summed E-state index contributed by atoms with van der Waals surface area (Å²) in [5.41, 5.74) is 2.86. The summed E-state index contributed by atoms with van der Waals surface area (Å²) in [5.74, 6) is 0.815. The molecule has 0 spiro atoms. The van der Waals surface area contributed by atoms with Crippen LogP contribution in [0, 0.1) is 0 Å².